The Morgan fingerprint density at radius 1 is 1.14 bits per heavy atom. The number of unbranched alkanes of at least 4 members (excludes halogenated alkanes) is 1. The Bertz CT molecular complexity index is 1460. The summed E-state index contributed by atoms with van der Waals surface area (Å²) < 4.78 is 12.8. The number of rotatable bonds is 9. The van der Waals surface area contributed by atoms with Crippen molar-refractivity contribution in [3.8, 4) is 11.5 Å². The first kappa shape index (κ1) is 25.0. The predicted octanol–water partition coefficient (Wildman–Crippen LogP) is 5.09. The molecule has 0 atom stereocenters. The van der Waals surface area contributed by atoms with Gasteiger partial charge in [-0.05, 0) is 60.7 Å². The maximum Gasteiger partial charge on any atom is 0.262 e. The normalized spacial score (nSPS) is 13.0. The second-order valence-electron chi connectivity index (χ2n) is 9.19. The van der Waals surface area contributed by atoms with E-state index in [9.17, 15) is 9.59 Å². The van der Waals surface area contributed by atoms with Gasteiger partial charge in [0.15, 0.2) is 0 Å². The van der Waals surface area contributed by atoms with E-state index in [4.69, 9.17) is 9.47 Å². The Balaban J connectivity index is 1.31. The zero-order valence-corrected chi connectivity index (χ0v) is 22.1. The zero-order valence-electron chi connectivity index (χ0n) is 21.2. The van der Waals surface area contributed by atoms with Gasteiger partial charge < -0.3 is 14.4 Å². The summed E-state index contributed by atoms with van der Waals surface area (Å²) in [5.74, 6) is 1.59. The van der Waals surface area contributed by atoms with Crippen LogP contribution in [-0.2, 0) is 25.9 Å². The van der Waals surface area contributed by atoms with E-state index in [1.54, 1.807) is 18.0 Å². The minimum absolute atomic E-state index is 0.00890. The van der Waals surface area contributed by atoms with Crippen molar-refractivity contribution < 1.29 is 14.3 Å². The van der Waals surface area contributed by atoms with Crippen molar-refractivity contribution in [1.29, 1.82) is 0 Å². The van der Waals surface area contributed by atoms with Crippen molar-refractivity contribution in [2.75, 3.05) is 20.3 Å². The number of nitrogens with zero attached hydrogens (tertiary/aromatic N) is 3. The lowest BCUT2D eigenvalue weighted by atomic mass is 10.0. The van der Waals surface area contributed by atoms with Crippen LogP contribution in [0.1, 0.15) is 46.1 Å². The summed E-state index contributed by atoms with van der Waals surface area (Å²) in [7, 11) is 1.66. The quantitative estimate of drug-likeness (QED) is 0.289. The SMILES string of the molecule is CCCCOc1ccc(C(=O)N2CCc3c(sc4ncn(CCc5ccccc5OC)c(=O)c34)C2)cc1. The van der Waals surface area contributed by atoms with Gasteiger partial charge in [0.25, 0.3) is 11.5 Å². The molecule has 0 bridgehead atoms. The first-order valence-electron chi connectivity index (χ1n) is 12.7. The fourth-order valence-corrected chi connectivity index (χ4v) is 5.91. The number of aryl methyl sites for hydroxylation is 2. The molecule has 0 aliphatic carbocycles. The molecule has 0 fully saturated rings. The predicted molar refractivity (Wildman–Crippen MR) is 146 cm³/mol. The largest absolute Gasteiger partial charge is 0.496 e. The Kier molecular flexibility index (Phi) is 7.55. The van der Waals surface area contributed by atoms with Gasteiger partial charge in [0.05, 0.1) is 32.0 Å². The van der Waals surface area contributed by atoms with E-state index in [2.05, 4.69) is 11.9 Å². The summed E-state index contributed by atoms with van der Waals surface area (Å²) in [6.45, 7) is 4.39. The summed E-state index contributed by atoms with van der Waals surface area (Å²) in [6.07, 6.45) is 5.04. The van der Waals surface area contributed by atoms with E-state index in [0.717, 1.165) is 45.2 Å². The number of benzene rings is 2. The Hall–Kier alpha value is -3.65. The molecule has 37 heavy (non-hydrogen) atoms. The molecule has 7 nitrogen and oxygen atoms in total. The molecular weight excluding hydrogens is 486 g/mol. The summed E-state index contributed by atoms with van der Waals surface area (Å²) in [6, 6.07) is 15.2. The van der Waals surface area contributed by atoms with Gasteiger partial charge in [-0.15, -0.1) is 11.3 Å². The van der Waals surface area contributed by atoms with Crippen molar-refractivity contribution in [3.63, 3.8) is 0 Å². The van der Waals surface area contributed by atoms with Crippen LogP contribution in [0.4, 0.5) is 0 Å². The number of hydrogen-bond acceptors (Lipinski definition) is 6. The highest BCUT2D eigenvalue weighted by molar-refractivity contribution is 7.18. The van der Waals surface area contributed by atoms with E-state index in [1.807, 2.05) is 53.4 Å². The van der Waals surface area contributed by atoms with Crippen LogP contribution in [0.2, 0.25) is 0 Å². The van der Waals surface area contributed by atoms with Gasteiger partial charge >= 0.3 is 0 Å². The Morgan fingerprint density at radius 2 is 1.95 bits per heavy atom. The number of para-hydroxylation sites is 1. The van der Waals surface area contributed by atoms with Crippen molar-refractivity contribution in [1.82, 2.24) is 14.5 Å². The Labute approximate surface area is 220 Å². The van der Waals surface area contributed by atoms with Gasteiger partial charge in [-0.25, -0.2) is 4.98 Å². The molecule has 0 spiro atoms. The van der Waals surface area contributed by atoms with Gasteiger partial charge in [-0.3, -0.25) is 14.2 Å². The smallest absolute Gasteiger partial charge is 0.262 e. The molecule has 0 N–H and O–H groups in total. The minimum Gasteiger partial charge on any atom is -0.496 e. The van der Waals surface area contributed by atoms with Gasteiger partial charge in [-0.1, -0.05) is 31.5 Å². The fourth-order valence-electron chi connectivity index (χ4n) is 4.71. The lowest BCUT2D eigenvalue weighted by molar-refractivity contribution is 0.0737. The number of fused-ring (bicyclic) bond motifs is 3. The molecule has 2 aromatic heterocycles. The number of amides is 1. The summed E-state index contributed by atoms with van der Waals surface area (Å²) in [5.41, 5.74) is 2.71. The average Bonchev–Trinajstić information content (AvgIpc) is 3.31. The van der Waals surface area contributed by atoms with Crippen LogP contribution in [-0.4, -0.2) is 40.6 Å². The van der Waals surface area contributed by atoms with Crippen LogP contribution in [0.5, 0.6) is 11.5 Å². The molecule has 4 aromatic rings. The van der Waals surface area contributed by atoms with Gasteiger partial charge in [-0.2, -0.15) is 0 Å². The number of carbonyl (C=O) groups is 1. The molecule has 1 aliphatic rings. The van der Waals surface area contributed by atoms with Crippen LogP contribution < -0.4 is 15.0 Å². The number of ether oxygens (including phenoxy) is 2. The summed E-state index contributed by atoms with van der Waals surface area (Å²) in [5, 5.41) is 0.697. The van der Waals surface area contributed by atoms with Crippen LogP contribution in [0.3, 0.4) is 0 Å². The fraction of sp³-hybridized carbons (Fsp3) is 0.345. The highest BCUT2D eigenvalue weighted by Gasteiger charge is 2.27. The monoisotopic (exact) mass is 517 g/mol. The highest BCUT2D eigenvalue weighted by atomic mass is 32.1. The Morgan fingerprint density at radius 3 is 2.73 bits per heavy atom. The molecule has 0 saturated heterocycles. The van der Waals surface area contributed by atoms with E-state index >= 15 is 0 Å². The highest BCUT2D eigenvalue weighted by Crippen LogP contribution is 2.33. The molecule has 2 aromatic carbocycles. The molecule has 0 saturated carbocycles. The number of carbonyl (C=O) groups excluding carboxylic acids is 1. The van der Waals surface area contributed by atoms with E-state index < -0.39 is 0 Å². The topological polar surface area (TPSA) is 73.7 Å². The second-order valence-corrected chi connectivity index (χ2v) is 10.3. The standard InChI is InChI=1S/C29H31N3O4S/c1-3-4-17-36-22-11-9-21(10-12-22)28(33)31-16-14-23-25(18-31)37-27-26(23)29(34)32(19-30-27)15-13-20-7-5-6-8-24(20)35-2/h5-12,19H,3-4,13-18H2,1-2H3. The van der Waals surface area contributed by atoms with Crippen molar-refractivity contribution in [2.24, 2.45) is 0 Å². The van der Waals surface area contributed by atoms with E-state index in [0.29, 0.717) is 50.0 Å². The number of hydrogen-bond donors (Lipinski definition) is 0. The molecule has 1 aliphatic heterocycles. The van der Waals surface area contributed by atoms with Crippen LogP contribution >= 0.6 is 11.3 Å². The third-order valence-corrected chi connectivity index (χ3v) is 7.92. The molecular formula is C29H31N3O4S. The van der Waals surface area contributed by atoms with Gasteiger partial charge in [0, 0.05) is 23.5 Å². The third-order valence-electron chi connectivity index (χ3n) is 6.80. The first-order chi connectivity index (χ1) is 18.1. The van der Waals surface area contributed by atoms with Crippen LogP contribution in [0.15, 0.2) is 59.7 Å². The lowest BCUT2D eigenvalue weighted by Gasteiger charge is -2.27. The van der Waals surface area contributed by atoms with E-state index in [1.165, 1.54) is 11.3 Å². The van der Waals surface area contributed by atoms with E-state index in [-0.39, 0.29) is 11.5 Å². The van der Waals surface area contributed by atoms with Crippen molar-refractivity contribution in [3.05, 3.63) is 86.8 Å². The van der Waals surface area contributed by atoms with Gasteiger partial charge in [0.1, 0.15) is 16.3 Å². The molecule has 0 radical (unpaired) electrons. The third kappa shape index (κ3) is 5.25. The first-order valence-corrected chi connectivity index (χ1v) is 13.5. The zero-order chi connectivity index (χ0) is 25.8. The second kappa shape index (κ2) is 11.2. The van der Waals surface area contributed by atoms with Crippen molar-refractivity contribution in [2.45, 2.75) is 45.7 Å². The van der Waals surface area contributed by atoms with Crippen molar-refractivity contribution >= 4 is 27.5 Å². The average molecular weight is 518 g/mol. The maximum absolute atomic E-state index is 13.4. The number of methoxy groups -OCH3 is 1. The van der Waals surface area contributed by atoms with Gasteiger partial charge in [0.2, 0.25) is 0 Å². The van der Waals surface area contributed by atoms with Crippen LogP contribution in [0.25, 0.3) is 10.2 Å². The molecule has 8 heteroatoms. The molecule has 192 valence electrons. The molecule has 3 heterocycles. The lowest BCUT2D eigenvalue weighted by Crippen LogP contribution is -2.35. The summed E-state index contributed by atoms with van der Waals surface area (Å²) in [4.78, 5) is 34.8. The molecule has 5 rings (SSSR count). The maximum atomic E-state index is 13.4. The molecule has 0 unspecified atom stereocenters. The number of thiophene rings is 1. The number of aromatic nitrogens is 2. The molecule has 1 amide bonds. The minimum atomic E-state index is -0.0177. The van der Waals surface area contributed by atoms with Crippen LogP contribution in [0, 0.1) is 0 Å². The summed E-state index contributed by atoms with van der Waals surface area (Å²) >= 11 is 1.51.